The van der Waals surface area contributed by atoms with Crippen molar-refractivity contribution in [3.05, 3.63) is 107 Å². The molecule has 1 N–H and O–H groups in total. The van der Waals surface area contributed by atoms with Crippen molar-refractivity contribution < 1.29 is 19.1 Å². The number of esters is 2. The predicted molar refractivity (Wildman–Crippen MR) is 142 cm³/mol. The van der Waals surface area contributed by atoms with Gasteiger partial charge in [0.1, 0.15) is 18.7 Å². The van der Waals surface area contributed by atoms with Gasteiger partial charge in [-0.1, -0.05) is 98.8 Å². The molecule has 0 amide bonds. The van der Waals surface area contributed by atoms with Gasteiger partial charge < -0.3 is 9.47 Å². The van der Waals surface area contributed by atoms with Crippen molar-refractivity contribution in [3.63, 3.8) is 0 Å². The fourth-order valence-electron chi connectivity index (χ4n) is 4.09. The number of benzene rings is 3. The topological polar surface area (TPSA) is 64.6 Å². The second-order valence-electron chi connectivity index (χ2n) is 9.43. The monoisotopic (exact) mass is 487 g/mol. The van der Waals surface area contributed by atoms with Crippen molar-refractivity contribution in [2.75, 3.05) is 6.61 Å². The van der Waals surface area contributed by atoms with Crippen LogP contribution in [0, 0.1) is 5.92 Å². The van der Waals surface area contributed by atoms with E-state index in [1.807, 2.05) is 74.5 Å². The molecule has 0 bridgehead atoms. The Morgan fingerprint density at radius 2 is 1.22 bits per heavy atom. The molecule has 0 aromatic heterocycles. The van der Waals surface area contributed by atoms with Crippen LogP contribution in [0.25, 0.3) is 0 Å². The summed E-state index contributed by atoms with van der Waals surface area (Å²) in [6, 6.07) is 26.9. The van der Waals surface area contributed by atoms with Crippen molar-refractivity contribution in [2.45, 2.75) is 58.7 Å². The molecule has 3 aromatic rings. The first kappa shape index (κ1) is 27.2. The maximum Gasteiger partial charge on any atom is 0.323 e. The Labute approximate surface area is 214 Å². The molecule has 2 unspecified atom stereocenters. The van der Waals surface area contributed by atoms with Gasteiger partial charge >= 0.3 is 11.9 Å². The zero-order valence-corrected chi connectivity index (χ0v) is 21.5. The van der Waals surface area contributed by atoms with E-state index >= 15 is 0 Å². The zero-order chi connectivity index (χ0) is 25.8. The molecule has 0 heterocycles. The molecule has 0 saturated heterocycles. The van der Waals surface area contributed by atoms with Gasteiger partial charge in [-0.3, -0.25) is 14.9 Å². The molecule has 3 rings (SSSR count). The third kappa shape index (κ3) is 8.97. The Hall–Kier alpha value is -3.44. The Kier molecular flexibility index (Phi) is 10.7. The minimum atomic E-state index is -0.655. The van der Waals surface area contributed by atoms with E-state index in [4.69, 9.17) is 9.47 Å². The lowest BCUT2D eigenvalue weighted by Gasteiger charge is -2.25. The summed E-state index contributed by atoms with van der Waals surface area (Å²) >= 11 is 0. The van der Waals surface area contributed by atoms with Gasteiger partial charge in [0.05, 0.1) is 6.61 Å². The minimum Gasteiger partial charge on any atom is -0.465 e. The molecule has 3 aromatic carbocycles. The third-order valence-corrected chi connectivity index (χ3v) is 5.90. The summed E-state index contributed by atoms with van der Waals surface area (Å²) in [5.74, 6) is -0.484. The summed E-state index contributed by atoms with van der Waals surface area (Å²) in [5.41, 5.74) is 4.37. The van der Waals surface area contributed by atoms with E-state index in [0.717, 1.165) is 17.5 Å². The van der Waals surface area contributed by atoms with Gasteiger partial charge in [0, 0.05) is 0 Å². The molecule has 0 fully saturated rings. The normalized spacial score (nSPS) is 12.7. The first-order chi connectivity index (χ1) is 17.4. The second kappa shape index (κ2) is 14.2. The van der Waals surface area contributed by atoms with Gasteiger partial charge in [0.25, 0.3) is 0 Å². The van der Waals surface area contributed by atoms with Gasteiger partial charge in [0.2, 0.25) is 0 Å². The molecule has 0 aliphatic heterocycles. The number of ether oxygens (including phenoxy) is 2. The summed E-state index contributed by atoms with van der Waals surface area (Å²) in [7, 11) is 0. The molecular formula is C31H37NO4. The standard InChI is InChI=1S/C31H37NO4/c1-4-35-30(33)29(21-26-17-15-25(16-18-26)20-24-11-7-5-8-12-24)32-28(19-23(2)3)31(34)36-22-27-13-9-6-10-14-27/h5-18,23,28-29,32H,4,19-22H2,1-3H3. The van der Waals surface area contributed by atoms with E-state index in [1.54, 1.807) is 6.92 Å². The Morgan fingerprint density at radius 1 is 0.694 bits per heavy atom. The molecule has 0 spiro atoms. The van der Waals surface area contributed by atoms with E-state index in [9.17, 15) is 9.59 Å². The molecule has 190 valence electrons. The summed E-state index contributed by atoms with van der Waals surface area (Å²) in [4.78, 5) is 25.8. The lowest BCUT2D eigenvalue weighted by Crippen LogP contribution is -2.50. The van der Waals surface area contributed by atoms with Crippen molar-refractivity contribution in [1.82, 2.24) is 5.32 Å². The highest BCUT2D eigenvalue weighted by Gasteiger charge is 2.29. The van der Waals surface area contributed by atoms with Crippen LogP contribution in [0.4, 0.5) is 0 Å². The number of hydrogen-bond acceptors (Lipinski definition) is 5. The van der Waals surface area contributed by atoms with Gasteiger partial charge in [0.15, 0.2) is 0 Å². The Bertz CT molecular complexity index is 1060. The van der Waals surface area contributed by atoms with Crippen molar-refractivity contribution >= 4 is 11.9 Å². The average Bonchev–Trinajstić information content (AvgIpc) is 2.88. The molecule has 0 aliphatic rings. The second-order valence-corrected chi connectivity index (χ2v) is 9.43. The van der Waals surface area contributed by atoms with Crippen LogP contribution in [-0.4, -0.2) is 30.6 Å². The van der Waals surface area contributed by atoms with Crippen LogP contribution in [0.3, 0.4) is 0 Å². The smallest absolute Gasteiger partial charge is 0.323 e. The van der Waals surface area contributed by atoms with Crippen LogP contribution in [0.5, 0.6) is 0 Å². The number of rotatable bonds is 13. The summed E-state index contributed by atoms with van der Waals surface area (Å²) in [6.45, 7) is 6.35. The summed E-state index contributed by atoms with van der Waals surface area (Å²) in [5, 5.41) is 3.26. The van der Waals surface area contributed by atoms with Crippen LogP contribution in [0.2, 0.25) is 0 Å². The average molecular weight is 488 g/mol. The van der Waals surface area contributed by atoms with Crippen LogP contribution in [0.15, 0.2) is 84.9 Å². The van der Waals surface area contributed by atoms with E-state index < -0.39 is 12.1 Å². The van der Waals surface area contributed by atoms with E-state index in [0.29, 0.717) is 12.8 Å². The fourth-order valence-corrected chi connectivity index (χ4v) is 4.09. The molecule has 5 heteroatoms. The van der Waals surface area contributed by atoms with Gasteiger partial charge in [-0.15, -0.1) is 0 Å². The maximum atomic E-state index is 13.0. The maximum absolute atomic E-state index is 13.0. The summed E-state index contributed by atoms with van der Waals surface area (Å²) in [6.07, 6.45) is 1.83. The minimum absolute atomic E-state index is 0.197. The van der Waals surface area contributed by atoms with Crippen LogP contribution in [0.1, 0.15) is 49.4 Å². The SMILES string of the molecule is CCOC(=O)C(Cc1ccc(Cc2ccccc2)cc1)NC(CC(C)C)C(=O)OCc1ccccc1. The molecule has 0 radical (unpaired) electrons. The number of hydrogen-bond donors (Lipinski definition) is 1. The van der Waals surface area contributed by atoms with Crippen LogP contribution >= 0.6 is 0 Å². The highest BCUT2D eigenvalue weighted by atomic mass is 16.5. The van der Waals surface area contributed by atoms with Crippen molar-refractivity contribution in [2.24, 2.45) is 5.92 Å². The molecule has 0 saturated carbocycles. The molecule has 36 heavy (non-hydrogen) atoms. The highest BCUT2D eigenvalue weighted by molar-refractivity contribution is 5.80. The first-order valence-corrected chi connectivity index (χ1v) is 12.7. The largest absolute Gasteiger partial charge is 0.465 e. The van der Waals surface area contributed by atoms with Crippen LogP contribution < -0.4 is 5.32 Å². The van der Waals surface area contributed by atoms with Gasteiger partial charge in [-0.25, -0.2) is 0 Å². The van der Waals surface area contributed by atoms with Crippen molar-refractivity contribution in [3.8, 4) is 0 Å². The van der Waals surface area contributed by atoms with Gasteiger partial charge in [-0.2, -0.15) is 0 Å². The molecule has 0 aliphatic carbocycles. The number of carbonyl (C=O) groups excluding carboxylic acids is 2. The van der Waals surface area contributed by atoms with Gasteiger partial charge in [-0.05, 0) is 54.4 Å². The number of carbonyl (C=O) groups is 2. The van der Waals surface area contributed by atoms with E-state index in [2.05, 4.69) is 29.6 Å². The molecule has 2 atom stereocenters. The van der Waals surface area contributed by atoms with Crippen molar-refractivity contribution in [1.29, 1.82) is 0 Å². The lowest BCUT2D eigenvalue weighted by atomic mass is 9.98. The fraction of sp³-hybridized carbons (Fsp3) is 0.355. The zero-order valence-electron chi connectivity index (χ0n) is 21.5. The van der Waals surface area contributed by atoms with E-state index in [1.165, 1.54) is 11.1 Å². The van der Waals surface area contributed by atoms with Crippen LogP contribution in [-0.2, 0) is 38.5 Å². The quantitative estimate of drug-likeness (QED) is 0.323. The Morgan fingerprint density at radius 3 is 1.81 bits per heavy atom. The third-order valence-electron chi connectivity index (χ3n) is 5.90. The Balaban J connectivity index is 1.68. The first-order valence-electron chi connectivity index (χ1n) is 12.7. The molecular weight excluding hydrogens is 450 g/mol. The highest BCUT2D eigenvalue weighted by Crippen LogP contribution is 2.15. The van der Waals surface area contributed by atoms with E-state index in [-0.39, 0.29) is 31.1 Å². The number of nitrogens with one attached hydrogen (secondary N) is 1. The molecule has 5 nitrogen and oxygen atoms in total. The summed E-state index contributed by atoms with van der Waals surface area (Å²) < 4.78 is 10.9. The lowest BCUT2D eigenvalue weighted by molar-refractivity contribution is -0.150. The predicted octanol–water partition coefficient (Wildman–Crippen LogP) is 5.50.